The summed E-state index contributed by atoms with van der Waals surface area (Å²) in [6.45, 7) is 0. The Balaban J connectivity index is 1.95. The summed E-state index contributed by atoms with van der Waals surface area (Å²) < 4.78 is 15.0. The van der Waals surface area contributed by atoms with Gasteiger partial charge in [0.2, 0.25) is 0 Å². The van der Waals surface area contributed by atoms with E-state index in [4.69, 9.17) is 4.89 Å². The standard InChI is InChI=1S/C7H13O4P/c8-12(9,10)11-7-4-5-1-2-6(7)3-5/h5-7H,1-4H2,(H2,8,9,10)/p-1. The van der Waals surface area contributed by atoms with Crippen molar-refractivity contribution in [3.8, 4) is 0 Å². The molecule has 2 fully saturated rings. The number of fused-ring (bicyclic) bond motifs is 2. The highest BCUT2D eigenvalue weighted by molar-refractivity contribution is 7.44. The summed E-state index contributed by atoms with van der Waals surface area (Å²) in [6, 6.07) is 0. The fourth-order valence-corrected chi connectivity index (χ4v) is 3.09. The third kappa shape index (κ3) is 1.72. The first-order chi connectivity index (χ1) is 5.54. The second-order valence-electron chi connectivity index (χ2n) is 3.79. The molecule has 0 spiro atoms. The maximum absolute atomic E-state index is 10.4. The van der Waals surface area contributed by atoms with Gasteiger partial charge >= 0.3 is 0 Å². The van der Waals surface area contributed by atoms with Gasteiger partial charge in [0.25, 0.3) is 7.82 Å². The van der Waals surface area contributed by atoms with Crippen LogP contribution >= 0.6 is 7.82 Å². The molecule has 2 aliphatic rings. The molecule has 2 saturated carbocycles. The predicted molar refractivity (Wildman–Crippen MR) is 40.1 cm³/mol. The maximum Gasteiger partial charge on any atom is 0.265 e. The highest BCUT2D eigenvalue weighted by Crippen LogP contribution is 2.50. The molecule has 0 radical (unpaired) electrons. The smallest absolute Gasteiger partial charge is 0.265 e. The van der Waals surface area contributed by atoms with Crippen molar-refractivity contribution in [2.24, 2.45) is 11.8 Å². The monoisotopic (exact) mass is 191 g/mol. The van der Waals surface area contributed by atoms with Gasteiger partial charge in [-0.3, -0.25) is 4.57 Å². The van der Waals surface area contributed by atoms with Gasteiger partial charge in [0.05, 0.1) is 6.10 Å². The topological polar surface area (TPSA) is 69.6 Å². The van der Waals surface area contributed by atoms with E-state index >= 15 is 0 Å². The van der Waals surface area contributed by atoms with Crippen LogP contribution in [0.3, 0.4) is 0 Å². The van der Waals surface area contributed by atoms with Crippen molar-refractivity contribution in [3.05, 3.63) is 0 Å². The summed E-state index contributed by atoms with van der Waals surface area (Å²) in [4.78, 5) is 18.9. The van der Waals surface area contributed by atoms with Crippen molar-refractivity contribution in [2.45, 2.75) is 31.8 Å². The summed E-state index contributed by atoms with van der Waals surface area (Å²) in [5.41, 5.74) is 0. The molecule has 2 bridgehead atoms. The summed E-state index contributed by atoms with van der Waals surface area (Å²) in [6.07, 6.45) is 3.88. The SMILES string of the molecule is O=P([O-])(O)OC1CC2CCC1C2. The molecule has 0 heterocycles. The lowest BCUT2D eigenvalue weighted by Gasteiger charge is -2.26. The Labute approximate surface area is 71.2 Å². The number of rotatable bonds is 2. The van der Waals surface area contributed by atoms with Crippen LogP contribution in [0.2, 0.25) is 0 Å². The Morgan fingerprint density at radius 1 is 1.42 bits per heavy atom. The fourth-order valence-electron chi connectivity index (χ4n) is 2.49. The van der Waals surface area contributed by atoms with E-state index in [0.29, 0.717) is 11.8 Å². The molecule has 4 nitrogen and oxygen atoms in total. The minimum atomic E-state index is -4.49. The van der Waals surface area contributed by atoms with Crippen LogP contribution in [0.4, 0.5) is 0 Å². The van der Waals surface area contributed by atoms with E-state index in [1.165, 1.54) is 6.42 Å². The van der Waals surface area contributed by atoms with Gasteiger partial charge in [0.1, 0.15) is 0 Å². The fraction of sp³-hybridized carbons (Fsp3) is 1.00. The van der Waals surface area contributed by atoms with E-state index in [9.17, 15) is 9.46 Å². The maximum atomic E-state index is 10.4. The van der Waals surface area contributed by atoms with Gasteiger partial charge in [-0.1, -0.05) is 0 Å². The van der Waals surface area contributed by atoms with Crippen LogP contribution in [-0.4, -0.2) is 11.0 Å². The minimum absolute atomic E-state index is 0.239. The molecule has 2 aliphatic carbocycles. The molecular formula is C7H12O4P-. The summed E-state index contributed by atoms with van der Waals surface area (Å²) >= 11 is 0. The van der Waals surface area contributed by atoms with Gasteiger partial charge in [-0.05, 0) is 37.5 Å². The third-order valence-electron chi connectivity index (χ3n) is 2.94. The van der Waals surface area contributed by atoms with Crippen LogP contribution in [0.1, 0.15) is 25.7 Å². The highest BCUT2D eigenvalue weighted by atomic mass is 31.2. The Morgan fingerprint density at radius 3 is 2.58 bits per heavy atom. The van der Waals surface area contributed by atoms with Crippen molar-refractivity contribution >= 4 is 7.82 Å². The average Bonchev–Trinajstić information content (AvgIpc) is 2.42. The molecule has 0 aromatic rings. The number of phosphoric ester groups is 1. The highest BCUT2D eigenvalue weighted by Gasteiger charge is 2.41. The predicted octanol–water partition coefficient (Wildman–Crippen LogP) is 0.652. The summed E-state index contributed by atoms with van der Waals surface area (Å²) in [5, 5.41) is 0. The molecule has 1 N–H and O–H groups in total. The van der Waals surface area contributed by atoms with Gasteiger partial charge in [0.15, 0.2) is 0 Å². The van der Waals surface area contributed by atoms with Crippen molar-refractivity contribution in [1.82, 2.24) is 0 Å². The Hall–Kier alpha value is 0.110. The lowest BCUT2D eigenvalue weighted by Crippen LogP contribution is -2.21. The van der Waals surface area contributed by atoms with Crippen LogP contribution in [0.5, 0.6) is 0 Å². The zero-order chi connectivity index (χ0) is 8.77. The second-order valence-corrected chi connectivity index (χ2v) is 4.94. The van der Waals surface area contributed by atoms with E-state index in [0.717, 1.165) is 19.3 Å². The number of phosphoric acid groups is 1. The van der Waals surface area contributed by atoms with Crippen molar-refractivity contribution in [2.75, 3.05) is 0 Å². The van der Waals surface area contributed by atoms with Crippen LogP contribution in [-0.2, 0) is 9.09 Å². The van der Waals surface area contributed by atoms with Crippen molar-refractivity contribution < 1.29 is 18.9 Å². The third-order valence-corrected chi connectivity index (χ3v) is 3.48. The summed E-state index contributed by atoms with van der Waals surface area (Å²) in [7, 11) is -4.49. The first kappa shape index (κ1) is 8.70. The molecular weight excluding hydrogens is 179 g/mol. The lowest BCUT2D eigenvalue weighted by molar-refractivity contribution is -0.225. The molecule has 2 rings (SSSR count). The molecule has 0 aromatic heterocycles. The first-order valence-corrected chi connectivity index (χ1v) is 5.76. The zero-order valence-corrected chi connectivity index (χ0v) is 7.57. The minimum Gasteiger partial charge on any atom is -0.756 e. The Morgan fingerprint density at radius 2 is 2.17 bits per heavy atom. The lowest BCUT2D eigenvalue weighted by atomic mass is 9.98. The molecule has 12 heavy (non-hydrogen) atoms. The van der Waals surface area contributed by atoms with Crippen LogP contribution in [0.15, 0.2) is 0 Å². The van der Waals surface area contributed by atoms with Crippen LogP contribution in [0.25, 0.3) is 0 Å². The van der Waals surface area contributed by atoms with Crippen molar-refractivity contribution in [1.29, 1.82) is 0 Å². The van der Waals surface area contributed by atoms with Crippen LogP contribution < -0.4 is 4.89 Å². The van der Waals surface area contributed by atoms with Crippen LogP contribution in [0, 0.1) is 11.8 Å². The van der Waals surface area contributed by atoms with Gasteiger partial charge < -0.3 is 14.3 Å². The molecule has 4 unspecified atom stereocenters. The van der Waals surface area contributed by atoms with Crippen molar-refractivity contribution in [3.63, 3.8) is 0 Å². The zero-order valence-electron chi connectivity index (χ0n) is 6.68. The molecule has 0 aliphatic heterocycles. The van der Waals surface area contributed by atoms with Gasteiger partial charge in [0, 0.05) is 0 Å². The van der Waals surface area contributed by atoms with Gasteiger partial charge in [-0.25, -0.2) is 0 Å². The number of hydrogen-bond acceptors (Lipinski definition) is 3. The Kier molecular flexibility index (Phi) is 2.04. The second kappa shape index (κ2) is 2.81. The normalized spacial score (nSPS) is 44.7. The van der Waals surface area contributed by atoms with E-state index in [2.05, 4.69) is 4.52 Å². The van der Waals surface area contributed by atoms with E-state index in [1.54, 1.807) is 0 Å². The number of hydrogen-bond donors (Lipinski definition) is 1. The summed E-state index contributed by atoms with van der Waals surface area (Å²) in [5.74, 6) is 0.996. The first-order valence-electron chi connectivity index (χ1n) is 4.27. The molecule has 70 valence electrons. The average molecular weight is 191 g/mol. The van der Waals surface area contributed by atoms with E-state index < -0.39 is 7.82 Å². The molecule has 5 heteroatoms. The van der Waals surface area contributed by atoms with E-state index in [-0.39, 0.29) is 6.10 Å². The Bertz CT molecular complexity index is 223. The van der Waals surface area contributed by atoms with Gasteiger partial charge in [-0.2, -0.15) is 0 Å². The molecule has 0 aromatic carbocycles. The quantitative estimate of drug-likeness (QED) is 0.650. The molecule has 0 saturated heterocycles. The largest absolute Gasteiger partial charge is 0.756 e. The van der Waals surface area contributed by atoms with E-state index in [1.807, 2.05) is 0 Å². The molecule has 0 amide bonds. The van der Waals surface area contributed by atoms with Gasteiger partial charge in [-0.15, -0.1) is 0 Å². The molecule has 4 atom stereocenters.